The van der Waals surface area contributed by atoms with Crippen molar-refractivity contribution in [3.05, 3.63) is 33.4 Å². The lowest BCUT2D eigenvalue weighted by atomic mass is 10.1. The Labute approximate surface area is 112 Å². The lowest BCUT2D eigenvalue weighted by Gasteiger charge is -2.11. The number of rotatable bonds is 5. The number of benzene rings is 1. The Morgan fingerprint density at radius 1 is 1.50 bits per heavy atom. The van der Waals surface area contributed by atoms with Crippen LogP contribution in [0, 0.1) is 10.1 Å². The second kappa shape index (κ2) is 6.34. The smallest absolute Gasteiger partial charge is 0.342 e. The second-order valence-electron chi connectivity index (χ2n) is 3.30. The summed E-state index contributed by atoms with van der Waals surface area (Å²) in [6.45, 7) is 1.85. The summed E-state index contributed by atoms with van der Waals surface area (Å²) >= 11 is 3.20. The zero-order valence-electron chi connectivity index (χ0n) is 9.94. The third-order valence-electron chi connectivity index (χ3n) is 2.20. The molecule has 0 N–H and O–H groups in total. The molecule has 1 aromatic carbocycles. The average molecular weight is 318 g/mol. The van der Waals surface area contributed by atoms with Crippen molar-refractivity contribution >= 4 is 27.6 Å². The van der Waals surface area contributed by atoms with E-state index in [0.717, 1.165) is 6.07 Å². The second-order valence-corrected chi connectivity index (χ2v) is 3.86. The minimum Gasteiger partial charge on any atom is -0.496 e. The SMILES string of the molecule is CCOC(=O)c1cc([N+](=O)[O-])cc(CBr)c1OC. The molecular formula is C11H12BrNO5. The lowest BCUT2D eigenvalue weighted by molar-refractivity contribution is -0.385. The summed E-state index contributed by atoms with van der Waals surface area (Å²) in [4.78, 5) is 22.0. The van der Waals surface area contributed by atoms with E-state index in [1.165, 1.54) is 13.2 Å². The van der Waals surface area contributed by atoms with Gasteiger partial charge < -0.3 is 9.47 Å². The first-order valence-electron chi connectivity index (χ1n) is 5.13. The molecule has 0 heterocycles. The van der Waals surface area contributed by atoms with Crippen molar-refractivity contribution in [1.82, 2.24) is 0 Å². The molecule has 0 aliphatic heterocycles. The Bertz CT molecular complexity index is 475. The van der Waals surface area contributed by atoms with E-state index in [9.17, 15) is 14.9 Å². The van der Waals surface area contributed by atoms with Gasteiger partial charge in [-0.1, -0.05) is 15.9 Å². The molecule has 0 bridgehead atoms. The molecule has 1 rings (SSSR count). The number of alkyl halides is 1. The summed E-state index contributed by atoms with van der Waals surface area (Å²) in [5, 5.41) is 11.1. The summed E-state index contributed by atoms with van der Waals surface area (Å²) in [6.07, 6.45) is 0. The Hall–Kier alpha value is -1.63. The van der Waals surface area contributed by atoms with Crippen molar-refractivity contribution in [3.63, 3.8) is 0 Å². The number of halogens is 1. The highest BCUT2D eigenvalue weighted by Gasteiger charge is 2.22. The van der Waals surface area contributed by atoms with Crippen molar-refractivity contribution in [1.29, 1.82) is 0 Å². The number of esters is 1. The summed E-state index contributed by atoms with van der Waals surface area (Å²) < 4.78 is 9.96. The zero-order chi connectivity index (χ0) is 13.7. The number of non-ortho nitro benzene ring substituents is 1. The van der Waals surface area contributed by atoms with Crippen molar-refractivity contribution in [2.45, 2.75) is 12.3 Å². The minimum absolute atomic E-state index is 0.0583. The van der Waals surface area contributed by atoms with Gasteiger partial charge >= 0.3 is 5.97 Å². The maximum absolute atomic E-state index is 11.7. The molecular weight excluding hydrogens is 306 g/mol. The molecule has 0 atom stereocenters. The van der Waals surface area contributed by atoms with Crippen LogP contribution in [0.4, 0.5) is 5.69 Å². The molecule has 0 spiro atoms. The summed E-state index contributed by atoms with van der Waals surface area (Å²) in [5.41, 5.74) is 0.408. The number of hydrogen-bond donors (Lipinski definition) is 0. The predicted octanol–water partition coefficient (Wildman–Crippen LogP) is 2.68. The molecule has 6 nitrogen and oxygen atoms in total. The Morgan fingerprint density at radius 3 is 2.61 bits per heavy atom. The van der Waals surface area contributed by atoms with E-state index in [4.69, 9.17) is 9.47 Å². The molecule has 98 valence electrons. The number of nitro benzene ring substituents is 1. The molecule has 0 radical (unpaired) electrons. The normalized spacial score (nSPS) is 9.94. The van der Waals surface area contributed by atoms with Gasteiger partial charge in [-0.25, -0.2) is 4.79 Å². The van der Waals surface area contributed by atoms with Gasteiger partial charge in [0.2, 0.25) is 0 Å². The van der Waals surface area contributed by atoms with Gasteiger partial charge in [0.1, 0.15) is 11.3 Å². The minimum atomic E-state index is -0.639. The van der Waals surface area contributed by atoms with Crippen molar-refractivity contribution < 1.29 is 19.2 Å². The van der Waals surface area contributed by atoms with Crippen molar-refractivity contribution in [2.75, 3.05) is 13.7 Å². The first kappa shape index (κ1) is 14.4. The highest BCUT2D eigenvalue weighted by Crippen LogP contribution is 2.31. The van der Waals surface area contributed by atoms with E-state index >= 15 is 0 Å². The van der Waals surface area contributed by atoms with Crippen molar-refractivity contribution in [2.24, 2.45) is 0 Å². The van der Waals surface area contributed by atoms with Crippen LogP contribution in [0.2, 0.25) is 0 Å². The molecule has 0 saturated carbocycles. The van der Waals surface area contributed by atoms with Gasteiger partial charge in [0.25, 0.3) is 5.69 Å². The van der Waals surface area contributed by atoms with Gasteiger partial charge in [-0.05, 0) is 6.92 Å². The van der Waals surface area contributed by atoms with Crippen LogP contribution in [-0.4, -0.2) is 24.6 Å². The Kier molecular flexibility index (Phi) is 5.08. The number of nitrogens with zero attached hydrogens (tertiary/aromatic N) is 1. The van der Waals surface area contributed by atoms with E-state index in [2.05, 4.69) is 15.9 Å². The van der Waals surface area contributed by atoms with Gasteiger partial charge in [-0.3, -0.25) is 10.1 Å². The molecule has 0 aromatic heterocycles. The molecule has 18 heavy (non-hydrogen) atoms. The van der Waals surface area contributed by atoms with Gasteiger partial charge in [0.05, 0.1) is 18.6 Å². The fraction of sp³-hybridized carbons (Fsp3) is 0.364. The molecule has 0 saturated heterocycles. The van der Waals surface area contributed by atoms with Gasteiger partial charge in [0.15, 0.2) is 0 Å². The van der Waals surface area contributed by atoms with Gasteiger partial charge in [-0.15, -0.1) is 0 Å². The molecule has 0 aliphatic carbocycles. The van der Waals surface area contributed by atoms with Crippen LogP contribution in [0.3, 0.4) is 0 Å². The van der Waals surface area contributed by atoms with Crippen LogP contribution < -0.4 is 4.74 Å². The summed E-state index contributed by atoms with van der Waals surface area (Å²) in [6, 6.07) is 2.51. The molecule has 0 aliphatic rings. The standard InChI is InChI=1S/C11H12BrNO5/c1-3-18-11(14)9-5-8(13(15)16)4-7(6-12)10(9)17-2/h4-5H,3,6H2,1-2H3. The Morgan fingerprint density at radius 2 is 2.17 bits per heavy atom. The van der Waals surface area contributed by atoms with Gasteiger partial charge in [-0.2, -0.15) is 0 Å². The molecule has 0 amide bonds. The van der Waals surface area contributed by atoms with Crippen LogP contribution in [0.25, 0.3) is 0 Å². The maximum atomic E-state index is 11.7. The van der Waals surface area contributed by atoms with E-state index < -0.39 is 10.9 Å². The third-order valence-corrected chi connectivity index (χ3v) is 2.81. The van der Waals surface area contributed by atoms with Crippen LogP contribution >= 0.6 is 15.9 Å². The average Bonchev–Trinajstić information content (AvgIpc) is 2.37. The van der Waals surface area contributed by atoms with Crippen LogP contribution in [0.5, 0.6) is 5.75 Å². The van der Waals surface area contributed by atoms with E-state index in [1.807, 2.05) is 0 Å². The molecule has 0 fully saturated rings. The van der Waals surface area contributed by atoms with Crippen LogP contribution in [-0.2, 0) is 10.1 Å². The predicted molar refractivity (Wildman–Crippen MR) is 68.2 cm³/mol. The highest BCUT2D eigenvalue weighted by atomic mass is 79.9. The maximum Gasteiger partial charge on any atom is 0.342 e. The molecule has 1 aromatic rings. The van der Waals surface area contributed by atoms with E-state index in [1.54, 1.807) is 6.92 Å². The third kappa shape index (κ3) is 2.98. The molecule has 0 unspecified atom stereocenters. The number of nitro groups is 1. The Balaban J connectivity index is 3.40. The first-order valence-corrected chi connectivity index (χ1v) is 6.25. The number of hydrogen-bond acceptors (Lipinski definition) is 5. The number of methoxy groups -OCH3 is 1. The fourth-order valence-electron chi connectivity index (χ4n) is 1.48. The quantitative estimate of drug-likeness (QED) is 0.361. The summed E-state index contributed by atoms with van der Waals surface area (Å²) in [5.74, 6) is -0.351. The lowest BCUT2D eigenvalue weighted by Crippen LogP contribution is -2.09. The van der Waals surface area contributed by atoms with Crippen LogP contribution in [0.1, 0.15) is 22.8 Å². The highest BCUT2D eigenvalue weighted by molar-refractivity contribution is 9.08. The zero-order valence-corrected chi connectivity index (χ0v) is 11.5. The topological polar surface area (TPSA) is 78.7 Å². The van der Waals surface area contributed by atoms with E-state index in [0.29, 0.717) is 10.9 Å². The monoisotopic (exact) mass is 317 g/mol. The largest absolute Gasteiger partial charge is 0.496 e. The molecule has 7 heteroatoms. The first-order chi connectivity index (χ1) is 8.54. The van der Waals surface area contributed by atoms with E-state index in [-0.39, 0.29) is 23.6 Å². The fourth-order valence-corrected chi connectivity index (χ4v) is 1.89. The summed E-state index contributed by atoms with van der Waals surface area (Å²) in [7, 11) is 1.40. The van der Waals surface area contributed by atoms with Gasteiger partial charge in [0, 0.05) is 23.0 Å². The van der Waals surface area contributed by atoms with Crippen molar-refractivity contribution in [3.8, 4) is 5.75 Å². The van der Waals surface area contributed by atoms with Crippen LogP contribution in [0.15, 0.2) is 12.1 Å². The number of ether oxygens (including phenoxy) is 2. The number of carbonyl (C=O) groups excluding carboxylic acids is 1. The number of carbonyl (C=O) groups is 1.